The number of hydrogen-bond acceptors (Lipinski definition) is 5. The molecule has 0 aliphatic carbocycles. The number of H-pyrrole nitrogens is 1. The topological polar surface area (TPSA) is 101 Å². The average Bonchev–Trinajstić information content (AvgIpc) is 2.71. The van der Waals surface area contributed by atoms with Gasteiger partial charge in [0.1, 0.15) is 5.69 Å². The number of rotatable bonds is 7. The maximum Gasteiger partial charge on any atom is 0.338 e. The van der Waals surface area contributed by atoms with Gasteiger partial charge in [0.05, 0.1) is 23.2 Å². The highest BCUT2D eigenvalue weighted by Crippen LogP contribution is 2.12. The second-order valence-corrected chi connectivity index (χ2v) is 6.29. The zero-order valence-corrected chi connectivity index (χ0v) is 15.5. The summed E-state index contributed by atoms with van der Waals surface area (Å²) in [7, 11) is 0. The lowest BCUT2D eigenvalue weighted by Crippen LogP contribution is -2.19. The van der Waals surface area contributed by atoms with Crippen molar-refractivity contribution >= 4 is 28.6 Å². The molecule has 0 aliphatic heterocycles. The largest absolute Gasteiger partial charge is 0.462 e. The molecule has 7 nitrogen and oxygen atoms in total. The summed E-state index contributed by atoms with van der Waals surface area (Å²) in [6.07, 6.45) is 1.11. The van der Waals surface area contributed by atoms with Crippen molar-refractivity contribution in [2.45, 2.75) is 26.2 Å². The number of anilines is 1. The Kier molecular flexibility index (Phi) is 6.16. The van der Waals surface area contributed by atoms with Crippen LogP contribution in [0.1, 0.15) is 35.8 Å². The van der Waals surface area contributed by atoms with E-state index in [1.807, 2.05) is 25.1 Å². The molecule has 0 radical (unpaired) electrons. The second-order valence-electron chi connectivity index (χ2n) is 6.29. The number of aryl methyl sites for hydroxylation is 1. The van der Waals surface area contributed by atoms with Gasteiger partial charge in [0.15, 0.2) is 0 Å². The van der Waals surface area contributed by atoms with Crippen LogP contribution in [0.15, 0.2) is 53.3 Å². The number of ether oxygens (including phenoxy) is 1. The maximum absolute atomic E-state index is 12.2. The van der Waals surface area contributed by atoms with Crippen LogP contribution >= 0.6 is 0 Å². The van der Waals surface area contributed by atoms with E-state index in [2.05, 4.69) is 15.3 Å². The molecule has 0 unspecified atom stereocenters. The standard InChI is InChI=1S/C21H21N3O4/c1-2-13-28-21(27)14-7-9-15(10-8-14)22-19(25)12-11-18-20(26)24-17-6-4-3-5-16(17)23-18/h3-10H,2,11-13H2,1H3,(H,22,25)(H,24,26). The molecule has 28 heavy (non-hydrogen) atoms. The molecule has 0 bridgehead atoms. The van der Waals surface area contributed by atoms with Crippen molar-refractivity contribution < 1.29 is 14.3 Å². The van der Waals surface area contributed by atoms with Crippen molar-refractivity contribution in [3.05, 3.63) is 70.1 Å². The third-order valence-electron chi connectivity index (χ3n) is 4.10. The fourth-order valence-corrected chi connectivity index (χ4v) is 2.66. The smallest absolute Gasteiger partial charge is 0.338 e. The first-order valence-corrected chi connectivity index (χ1v) is 9.12. The van der Waals surface area contributed by atoms with Crippen LogP contribution in [-0.4, -0.2) is 28.5 Å². The summed E-state index contributed by atoms with van der Waals surface area (Å²) in [4.78, 5) is 43.1. The Morgan fingerprint density at radius 2 is 1.86 bits per heavy atom. The van der Waals surface area contributed by atoms with E-state index in [1.165, 1.54) is 0 Å². The third-order valence-corrected chi connectivity index (χ3v) is 4.10. The number of aromatic amines is 1. The number of amides is 1. The first kappa shape index (κ1) is 19.3. The molecule has 0 aliphatic rings. The monoisotopic (exact) mass is 379 g/mol. The number of esters is 1. The normalized spacial score (nSPS) is 10.6. The molecule has 1 amide bonds. The van der Waals surface area contributed by atoms with Gasteiger partial charge in [0, 0.05) is 18.5 Å². The van der Waals surface area contributed by atoms with Crippen molar-refractivity contribution in [2.75, 3.05) is 11.9 Å². The van der Waals surface area contributed by atoms with Gasteiger partial charge in [-0.25, -0.2) is 9.78 Å². The van der Waals surface area contributed by atoms with E-state index in [9.17, 15) is 14.4 Å². The van der Waals surface area contributed by atoms with Gasteiger partial charge in [-0.15, -0.1) is 0 Å². The molecule has 0 fully saturated rings. The number of aromatic nitrogens is 2. The van der Waals surface area contributed by atoms with Crippen LogP contribution in [0.3, 0.4) is 0 Å². The average molecular weight is 379 g/mol. The number of benzene rings is 2. The van der Waals surface area contributed by atoms with Crippen molar-refractivity contribution in [1.82, 2.24) is 9.97 Å². The van der Waals surface area contributed by atoms with E-state index in [-0.39, 0.29) is 30.3 Å². The Balaban J connectivity index is 1.58. The highest BCUT2D eigenvalue weighted by molar-refractivity contribution is 5.93. The Bertz CT molecular complexity index is 1040. The molecule has 2 N–H and O–H groups in total. The van der Waals surface area contributed by atoms with Crippen LogP contribution in [-0.2, 0) is 16.0 Å². The molecule has 1 heterocycles. The van der Waals surface area contributed by atoms with Gasteiger partial charge in [-0.2, -0.15) is 0 Å². The Morgan fingerprint density at radius 1 is 1.11 bits per heavy atom. The fourth-order valence-electron chi connectivity index (χ4n) is 2.66. The molecule has 2 aromatic carbocycles. The lowest BCUT2D eigenvalue weighted by atomic mass is 10.2. The maximum atomic E-state index is 12.2. The zero-order chi connectivity index (χ0) is 19.9. The van der Waals surface area contributed by atoms with E-state index in [1.54, 1.807) is 30.3 Å². The summed E-state index contributed by atoms with van der Waals surface area (Å²) >= 11 is 0. The fraction of sp³-hybridized carbons (Fsp3) is 0.238. The summed E-state index contributed by atoms with van der Waals surface area (Å²) in [5, 5.41) is 2.75. The van der Waals surface area contributed by atoms with Crippen LogP contribution in [0.5, 0.6) is 0 Å². The van der Waals surface area contributed by atoms with Crippen LogP contribution < -0.4 is 10.9 Å². The molecule has 0 spiro atoms. The van der Waals surface area contributed by atoms with Crippen molar-refractivity contribution in [3.8, 4) is 0 Å². The van der Waals surface area contributed by atoms with Gasteiger partial charge in [-0.05, 0) is 42.8 Å². The van der Waals surface area contributed by atoms with E-state index in [0.717, 1.165) is 6.42 Å². The minimum Gasteiger partial charge on any atom is -0.462 e. The number of carbonyl (C=O) groups is 2. The molecule has 0 atom stereocenters. The van der Waals surface area contributed by atoms with Crippen molar-refractivity contribution in [1.29, 1.82) is 0 Å². The molecule has 0 saturated heterocycles. The number of nitrogens with zero attached hydrogens (tertiary/aromatic N) is 1. The number of fused-ring (bicyclic) bond motifs is 1. The Morgan fingerprint density at radius 3 is 2.61 bits per heavy atom. The minimum absolute atomic E-state index is 0.120. The van der Waals surface area contributed by atoms with Gasteiger partial charge >= 0.3 is 5.97 Å². The van der Waals surface area contributed by atoms with Crippen LogP contribution in [0.4, 0.5) is 5.69 Å². The summed E-state index contributed by atoms with van der Waals surface area (Å²) in [6.45, 7) is 2.30. The highest BCUT2D eigenvalue weighted by Gasteiger charge is 2.10. The molecular formula is C21H21N3O4. The highest BCUT2D eigenvalue weighted by atomic mass is 16.5. The lowest BCUT2D eigenvalue weighted by molar-refractivity contribution is -0.116. The predicted octanol–water partition coefficient (Wildman–Crippen LogP) is 3.06. The predicted molar refractivity (Wildman–Crippen MR) is 106 cm³/mol. The minimum atomic E-state index is -0.388. The molecule has 7 heteroatoms. The van der Waals surface area contributed by atoms with E-state index >= 15 is 0 Å². The van der Waals surface area contributed by atoms with Crippen molar-refractivity contribution in [3.63, 3.8) is 0 Å². The van der Waals surface area contributed by atoms with Crippen LogP contribution in [0.2, 0.25) is 0 Å². The number of hydrogen-bond donors (Lipinski definition) is 2. The summed E-state index contributed by atoms with van der Waals surface area (Å²) in [5.41, 5.74) is 2.38. The quantitative estimate of drug-likeness (QED) is 0.615. The molecule has 0 saturated carbocycles. The Hall–Kier alpha value is -3.48. The summed E-state index contributed by atoms with van der Waals surface area (Å²) < 4.78 is 5.06. The third kappa shape index (κ3) is 4.82. The first-order valence-electron chi connectivity index (χ1n) is 9.12. The van der Waals surface area contributed by atoms with Gasteiger partial charge < -0.3 is 15.0 Å². The zero-order valence-electron chi connectivity index (χ0n) is 15.5. The summed E-state index contributed by atoms with van der Waals surface area (Å²) in [6, 6.07) is 13.7. The molecule has 3 rings (SSSR count). The number of carbonyl (C=O) groups excluding carboxylic acids is 2. The van der Waals surface area contributed by atoms with E-state index < -0.39 is 0 Å². The lowest BCUT2D eigenvalue weighted by Gasteiger charge is -2.07. The molecular weight excluding hydrogens is 358 g/mol. The number of para-hydroxylation sites is 2. The van der Waals surface area contributed by atoms with Gasteiger partial charge in [-0.3, -0.25) is 9.59 Å². The molecule has 144 valence electrons. The van der Waals surface area contributed by atoms with Crippen LogP contribution in [0.25, 0.3) is 11.0 Å². The molecule has 1 aromatic heterocycles. The SMILES string of the molecule is CCCOC(=O)c1ccc(NC(=O)CCc2nc3ccccc3[nH]c2=O)cc1. The van der Waals surface area contributed by atoms with Crippen molar-refractivity contribution in [2.24, 2.45) is 0 Å². The van der Waals surface area contributed by atoms with Gasteiger partial charge in [-0.1, -0.05) is 19.1 Å². The van der Waals surface area contributed by atoms with E-state index in [0.29, 0.717) is 34.6 Å². The van der Waals surface area contributed by atoms with E-state index in [4.69, 9.17) is 4.74 Å². The first-order chi connectivity index (χ1) is 13.6. The van der Waals surface area contributed by atoms with Crippen LogP contribution in [0, 0.1) is 0 Å². The number of nitrogens with one attached hydrogen (secondary N) is 2. The second kappa shape index (κ2) is 8.94. The van der Waals surface area contributed by atoms with Gasteiger partial charge in [0.2, 0.25) is 5.91 Å². The summed E-state index contributed by atoms with van der Waals surface area (Å²) in [5.74, 6) is -0.628. The molecule has 3 aromatic rings. The van der Waals surface area contributed by atoms with Gasteiger partial charge in [0.25, 0.3) is 5.56 Å². The Labute approximate surface area is 161 Å².